The summed E-state index contributed by atoms with van der Waals surface area (Å²) in [5.74, 6) is -0.0248. The van der Waals surface area contributed by atoms with Gasteiger partial charge in [-0.25, -0.2) is 0 Å². The number of Topliss-reactive ketones (excluding diaryl/α,β-unsaturated/α-hetero) is 1. The van der Waals surface area contributed by atoms with Crippen LogP contribution in [0.4, 0.5) is 13.2 Å². The summed E-state index contributed by atoms with van der Waals surface area (Å²) in [6.07, 6.45) is -3.23. The van der Waals surface area contributed by atoms with E-state index in [4.69, 9.17) is 0 Å². The second-order valence-corrected chi connectivity index (χ2v) is 4.09. The molecular weight excluding hydrogens is 243 g/mol. The first-order chi connectivity index (χ1) is 8.43. The molecule has 0 unspecified atom stereocenters. The summed E-state index contributed by atoms with van der Waals surface area (Å²) in [6.45, 7) is 3.01. The number of nitrogens with one attached hydrogen (secondary N) is 1. The van der Waals surface area contributed by atoms with Crippen LogP contribution in [-0.2, 0) is 17.4 Å². The van der Waals surface area contributed by atoms with Crippen LogP contribution in [0.2, 0.25) is 0 Å². The van der Waals surface area contributed by atoms with Gasteiger partial charge in [0.2, 0.25) is 0 Å². The maximum Gasteiger partial charge on any atom is 0.416 e. The molecule has 0 aromatic heterocycles. The number of hydrogen-bond acceptors (Lipinski definition) is 2. The number of carbonyl (C=O) groups excluding carboxylic acids is 1. The lowest BCUT2D eigenvalue weighted by atomic mass is 10.1. The number of carbonyl (C=O) groups is 1. The Labute approximate surface area is 104 Å². The van der Waals surface area contributed by atoms with Gasteiger partial charge < -0.3 is 5.32 Å². The van der Waals surface area contributed by atoms with E-state index in [9.17, 15) is 18.0 Å². The Morgan fingerprint density at radius 3 is 2.33 bits per heavy atom. The van der Waals surface area contributed by atoms with E-state index >= 15 is 0 Å². The highest BCUT2D eigenvalue weighted by molar-refractivity contribution is 5.82. The zero-order chi connectivity index (χ0) is 13.6. The van der Waals surface area contributed by atoms with Gasteiger partial charge in [-0.15, -0.1) is 0 Å². The van der Waals surface area contributed by atoms with Crippen molar-refractivity contribution in [2.24, 2.45) is 0 Å². The van der Waals surface area contributed by atoms with Gasteiger partial charge >= 0.3 is 6.18 Å². The molecular formula is C13H16F3NO. The lowest BCUT2D eigenvalue weighted by Gasteiger charge is -2.07. The smallest absolute Gasteiger partial charge is 0.310 e. The zero-order valence-corrected chi connectivity index (χ0v) is 10.2. The van der Waals surface area contributed by atoms with Gasteiger partial charge in [-0.3, -0.25) is 4.79 Å². The van der Waals surface area contributed by atoms with Crippen LogP contribution in [0.5, 0.6) is 0 Å². The van der Waals surface area contributed by atoms with Crippen molar-refractivity contribution in [2.75, 3.05) is 13.1 Å². The summed E-state index contributed by atoms with van der Waals surface area (Å²) in [7, 11) is 0. The molecule has 1 N–H and O–H groups in total. The van der Waals surface area contributed by atoms with Gasteiger partial charge in [-0.1, -0.05) is 19.1 Å². The summed E-state index contributed by atoms with van der Waals surface area (Å²) >= 11 is 0. The van der Waals surface area contributed by atoms with Gasteiger partial charge in [-0.2, -0.15) is 13.2 Å². The highest BCUT2D eigenvalue weighted by atomic mass is 19.4. The van der Waals surface area contributed by atoms with Gasteiger partial charge in [0.15, 0.2) is 5.78 Å². The van der Waals surface area contributed by atoms with Crippen LogP contribution in [0.3, 0.4) is 0 Å². The van der Waals surface area contributed by atoms with E-state index in [0.29, 0.717) is 5.56 Å². The first-order valence-electron chi connectivity index (χ1n) is 5.82. The molecule has 0 aliphatic heterocycles. The van der Waals surface area contributed by atoms with Crippen LogP contribution in [0, 0.1) is 0 Å². The molecule has 0 atom stereocenters. The van der Waals surface area contributed by atoms with Crippen molar-refractivity contribution in [3.63, 3.8) is 0 Å². The molecule has 0 amide bonds. The molecule has 0 saturated carbocycles. The van der Waals surface area contributed by atoms with E-state index in [0.717, 1.165) is 25.1 Å². The summed E-state index contributed by atoms with van der Waals surface area (Å²) in [4.78, 5) is 11.5. The predicted molar refractivity (Wildman–Crippen MR) is 63.3 cm³/mol. The van der Waals surface area contributed by atoms with Gasteiger partial charge in [0.1, 0.15) is 0 Å². The molecule has 1 rings (SSSR count). The van der Waals surface area contributed by atoms with E-state index in [-0.39, 0.29) is 18.7 Å². The topological polar surface area (TPSA) is 29.1 Å². The van der Waals surface area contributed by atoms with E-state index in [1.807, 2.05) is 6.92 Å². The van der Waals surface area contributed by atoms with Gasteiger partial charge in [0.05, 0.1) is 12.1 Å². The van der Waals surface area contributed by atoms with Crippen molar-refractivity contribution >= 4 is 5.78 Å². The second kappa shape index (κ2) is 6.54. The van der Waals surface area contributed by atoms with E-state index in [2.05, 4.69) is 5.32 Å². The van der Waals surface area contributed by atoms with Crippen LogP contribution >= 0.6 is 0 Å². The van der Waals surface area contributed by atoms with Gasteiger partial charge in [-0.05, 0) is 30.7 Å². The van der Waals surface area contributed by atoms with Crippen molar-refractivity contribution in [3.05, 3.63) is 35.4 Å². The fourth-order valence-corrected chi connectivity index (χ4v) is 1.51. The number of ketones is 1. The number of rotatable bonds is 6. The fourth-order valence-electron chi connectivity index (χ4n) is 1.51. The van der Waals surface area contributed by atoms with E-state index in [1.54, 1.807) is 0 Å². The molecule has 1 aromatic carbocycles. The number of halogens is 3. The van der Waals surface area contributed by atoms with Crippen molar-refractivity contribution in [3.8, 4) is 0 Å². The lowest BCUT2D eigenvalue weighted by Crippen LogP contribution is -2.24. The molecule has 0 aliphatic rings. The summed E-state index contributed by atoms with van der Waals surface area (Å²) < 4.78 is 36.9. The first-order valence-corrected chi connectivity index (χ1v) is 5.82. The highest BCUT2D eigenvalue weighted by Gasteiger charge is 2.29. The summed E-state index contributed by atoms with van der Waals surface area (Å²) in [5, 5.41) is 2.96. The molecule has 1 aromatic rings. The molecule has 2 nitrogen and oxygen atoms in total. The monoisotopic (exact) mass is 259 g/mol. The quantitative estimate of drug-likeness (QED) is 0.796. The van der Waals surface area contributed by atoms with Crippen LogP contribution in [-0.4, -0.2) is 18.9 Å². The average Bonchev–Trinajstić information content (AvgIpc) is 2.29. The number of hydrogen-bond donors (Lipinski definition) is 1. The van der Waals surface area contributed by atoms with Crippen molar-refractivity contribution in [1.82, 2.24) is 5.32 Å². The maximum absolute atomic E-state index is 12.3. The second-order valence-electron chi connectivity index (χ2n) is 4.09. The minimum atomic E-state index is -4.33. The minimum absolute atomic E-state index is 0.0248. The van der Waals surface area contributed by atoms with E-state index < -0.39 is 11.7 Å². The highest BCUT2D eigenvalue weighted by Crippen LogP contribution is 2.29. The number of alkyl halides is 3. The van der Waals surface area contributed by atoms with E-state index in [1.165, 1.54) is 12.1 Å². The van der Waals surface area contributed by atoms with Crippen LogP contribution in [0.25, 0.3) is 0 Å². The Hall–Kier alpha value is -1.36. The fraction of sp³-hybridized carbons (Fsp3) is 0.462. The van der Waals surface area contributed by atoms with Gasteiger partial charge in [0, 0.05) is 6.42 Å². The predicted octanol–water partition coefficient (Wildman–Crippen LogP) is 2.82. The normalized spacial score (nSPS) is 11.6. The molecule has 0 bridgehead atoms. The average molecular weight is 259 g/mol. The Bertz CT molecular complexity index is 384. The lowest BCUT2D eigenvalue weighted by molar-refractivity contribution is -0.137. The Kier molecular flexibility index (Phi) is 5.34. The molecule has 0 saturated heterocycles. The molecule has 100 valence electrons. The van der Waals surface area contributed by atoms with Gasteiger partial charge in [0.25, 0.3) is 0 Å². The first kappa shape index (κ1) is 14.7. The Morgan fingerprint density at radius 1 is 1.22 bits per heavy atom. The van der Waals surface area contributed by atoms with Crippen LogP contribution in [0.1, 0.15) is 24.5 Å². The Balaban J connectivity index is 2.51. The molecule has 0 aliphatic carbocycles. The van der Waals surface area contributed by atoms with Crippen LogP contribution in [0.15, 0.2) is 24.3 Å². The molecule has 18 heavy (non-hydrogen) atoms. The molecule has 0 radical (unpaired) electrons. The zero-order valence-electron chi connectivity index (χ0n) is 10.2. The molecule has 5 heteroatoms. The minimum Gasteiger partial charge on any atom is -0.310 e. The van der Waals surface area contributed by atoms with Crippen molar-refractivity contribution in [2.45, 2.75) is 25.9 Å². The van der Waals surface area contributed by atoms with Crippen molar-refractivity contribution < 1.29 is 18.0 Å². The largest absolute Gasteiger partial charge is 0.416 e. The third-order valence-electron chi connectivity index (χ3n) is 2.43. The number of benzene rings is 1. The molecule has 0 spiro atoms. The van der Waals surface area contributed by atoms with Crippen molar-refractivity contribution in [1.29, 1.82) is 0 Å². The molecule has 0 heterocycles. The molecule has 0 fully saturated rings. The SMILES string of the molecule is CCCNCC(=O)Cc1ccc(C(F)(F)F)cc1. The van der Waals surface area contributed by atoms with Crippen LogP contribution < -0.4 is 5.32 Å². The third-order valence-corrected chi connectivity index (χ3v) is 2.43. The summed E-state index contributed by atoms with van der Waals surface area (Å²) in [6, 6.07) is 4.70. The Morgan fingerprint density at radius 2 is 1.83 bits per heavy atom. The maximum atomic E-state index is 12.3. The standard InChI is InChI=1S/C13H16F3NO/c1-2-7-17-9-12(18)8-10-3-5-11(6-4-10)13(14,15)16/h3-6,17H,2,7-9H2,1H3. The third kappa shape index (κ3) is 4.87. The summed E-state index contributed by atoms with van der Waals surface area (Å²) in [5.41, 5.74) is -0.0888.